The summed E-state index contributed by atoms with van der Waals surface area (Å²) >= 11 is 6.38. The molecule has 28 heavy (non-hydrogen) atoms. The van der Waals surface area contributed by atoms with Gasteiger partial charge in [0.25, 0.3) is 5.91 Å². The molecule has 2 aliphatic heterocycles. The van der Waals surface area contributed by atoms with Crippen molar-refractivity contribution < 1.29 is 18.7 Å². The van der Waals surface area contributed by atoms with Crippen molar-refractivity contribution in [2.24, 2.45) is 0 Å². The Labute approximate surface area is 168 Å². The third-order valence-electron chi connectivity index (χ3n) is 5.02. The second-order valence-corrected chi connectivity index (χ2v) is 7.44. The smallest absolute Gasteiger partial charge is 0.253 e. The summed E-state index contributed by atoms with van der Waals surface area (Å²) in [6.45, 7) is 4.75. The summed E-state index contributed by atoms with van der Waals surface area (Å²) in [5, 5.41) is 0.569. The third kappa shape index (κ3) is 4.23. The van der Waals surface area contributed by atoms with Crippen molar-refractivity contribution in [2.75, 3.05) is 39.4 Å². The Kier molecular flexibility index (Phi) is 5.69. The largest absolute Gasteiger partial charge is 0.489 e. The molecule has 0 aromatic heterocycles. The van der Waals surface area contributed by atoms with Crippen LogP contribution in [0.1, 0.15) is 22.3 Å². The number of nitrogens with zero attached hydrogens (tertiary/aromatic N) is 2. The van der Waals surface area contributed by atoms with E-state index in [4.69, 9.17) is 21.1 Å². The van der Waals surface area contributed by atoms with Gasteiger partial charge in [-0.15, -0.1) is 0 Å². The van der Waals surface area contributed by atoms with Gasteiger partial charge < -0.3 is 14.4 Å². The van der Waals surface area contributed by atoms with Crippen LogP contribution in [0.5, 0.6) is 11.5 Å². The second-order valence-electron chi connectivity index (χ2n) is 7.03. The van der Waals surface area contributed by atoms with Gasteiger partial charge in [-0.1, -0.05) is 11.6 Å². The predicted molar refractivity (Wildman–Crippen MR) is 105 cm³/mol. The zero-order valence-corrected chi connectivity index (χ0v) is 16.3. The highest BCUT2D eigenvalue weighted by atomic mass is 35.5. The van der Waals surface area contributed by atoms with E-state index in [9.17, 15) is 9.18 Å². The standard InChI is InChI=1S/C21H22ClFN2O3/c22-18-12-15(13-19-20(18)28-11-1-10-27-19)14-24-6-8-25(9-7-24)21(26)16-2-4-17(23)5-3-16/h2-5,12-13H,1,6-11,14H2. The van der Waals surface area contributed by atoms with E-state index in [1.54, 1.807) is 0 Å². The highest BCUT2D eigenvalue weighted by molar-refractivity contribution is 6.32. The minimum atomic E-state index is -0.338. The topological polar surface area (TPSA) is 42.0 Å². The minimum absolute atomic E-state index is 0.0572. The number of hydrogen-bond acceptors (Lipinski definition) is 4. The molecule has 4 rings (SSSR count). The van der Waals surface area contributed by atoms with Crippen molar-refractivity contribution >= 4 is 17.5 Å². The molecular weight excluding hydrogens is 383 g/mol. The monoisotopic (exact) mass is 404 g/mol. The van der Waals surface area contributed by atoms with Crippen LogP contribution in [0, 0.1) is 5.82 Å². The first-order valence-electron chi connectivity index (χ1n) is 9.45. The molecule has 148 valence electrons. The number of piperazine rings is 1. The molecule has 0 radical (unpaired) electrons. The lowest BCUT2D eigenvalue weighted by Gasteiger charge is -2.35. The van der Waals surface area contributed by atoms with Crippen LogP contribution < -0.4 is 9.47 Å². The number of carbonyl (C=O) groups excluding carboxylic acids is 1. The van der Waals surface area contributed by atoms with Crippen LogP contribution >= 0.6 is 11.6 Å². The van der Waals surface area contributed by atoms with E-state index >= 15 is 0 Å². The average Bonchev–Trinajstić information content (AvgIpc) is 2.95. The Hall–Kier alpha value is -2.31. The Balaban J connectivity index is 1.37. The quantitative estimate of drug-likeness (QED) is 0.784. The molecule has 2 aromatic rings. The number of halogens is 2. The maximum Gasteiger partial charge on any atom is 0.253 e. The van der Waals surface area contributed by atoms with Crippen LogP contribution in [0.25, 0.3) is 0 Å². The number of carbonyl (C=O) groups is 1. The molecule has 7 heteroatoms. The van der Waals surface area contributed by atoms with E-state index in [0.717, 1.165) is 31.6 Å². The van der Waals surface area contributed by atoms with Crippen molar-refractivity contribution in [3.05, 3.63) is 58.4 Å². The maximum atomic E-state index is 13.0. The van der Waals surface area contributed by atoms with Crippen LogP contribution in [0.3, 0.4) is 0 Å². The lowest BCUT2D eigenvalue weighted by atomic mass is 10.1. The zero-order chi connectivity index (χ0) is 19.5. The van der Waals surface area contributed by atoms with Crippen molar-refractivity contribution in [3.63, 3.8) is 0 Å². The summed E-state index contributed by atoms with van der Waals surface area (Å²) in [4.78, 5) is 16.6. The van der Waals surface area contributed by atoms with E-state index in [1.807, 2.05) is 17.0 Å². The summed E-state index contributed by atoms with van der Waals surface area (Å²) in [6.07, 6.45) is 0.838. The Morgan fingerprint density at radius 3 is 2.50 bits per heavy atom. The van der Waals surface area contributed by atoms with E-state index in [0.29, 0.717) is 48.4 Å². The van der Waals surface area contributed by atoms with Crippen LogP contribution in [0.4, 0.5) is 4.39 Å². The lowest BCUT2D eigenvalue weighted by molar-refractivity contribution is 0.0628. The van der Waals surface area contributed by atoms with Crippen molar-refractivity contribution in [3.8, 4) is 11.5 Å². The first-order valence-corrected chi connectivity index (χ1v) is 9.83. The van der Waals surface area contributed by atoms with E-state index < -0.39 is 0 Å². The van der Waals surface area contributed by atoms with Gasteiger partial charge in [0, 0.05) is 44.7 Å². The summed E-state index contributed by atoms with van der Waals surface area (Å²) in [5.41, 5.74) is 1.58. The molecule has 0 bridgehead atoms. The minimum Gasteiger partial charge on any atom is -0.489 e. The molecule has 0 saturated carbocycles. The molecular formula is C21H22ClFN2O3. The first-order chi connectivity index (χ1) is 13.6. The second kappa shape index (κ2) is 8.37. The molecule has 0 atom stereocenters. The van der Waals surface area contributed by atoms with Gasteiger partial charge in [0.05, 0.1) is 18.2 Å². The molecule has 0 unspecified atom stereocenters. The molecule has 5 nitrogen and oxygen atoms in total. The van der Waals surface area contributed by atoms with Crippen LogP contribution in [0.2, 0.25) is 5.02 Å². The molecule has 0 N–H and O–H groups in total. The third-order valence-corrected chi connectivity index (χ3v) is 5.30. The van der Waals surface area contributed by atoms with Crippen LogP contribution in [-0.4, -0.2) is 55.1 Å². The zero-order valence-electron chi connectivity index (χ0n) is 15.5. The summed E-state index contributed by atoms with van der Waals surface area (Å²) in [7, 11) is 0. The molecule has 1 fully saturated rings. The van der Waals surface area contributed by atoms with E-state index in [2.05, 4.69) is 4.90 Å². The molecule has 0 spiro atoms. The van der Waals surface area contributed by atoms with Crippen molar-refractivity contribution in [1.29, 1.82) is 0 Å². The van der Waals surface area contributed by atoms with Gasteiger partial charge in [0.2, 0.25) is 0 Å². The van der Waals surface area contributed by atoms with Crippen LogP contribution in [-0.2, 0) is 6.54 Å². The number of benzene rings is 2. The summed E-state index contributed by atoms with van der Waals surface area (Å²) in [6, 6.07) is 9.61. The molecule has 0 aliphatic carbocycles. The number of fused-ring (bicyclic) bond motifs is 1. The van der Waals surface area contributed by atoms with E-state index in [1.165, 1.54) is 24.3 Å². The van der Waals surface area contributed by atoms with Gasteiger partial charge in [0.1, 0.15) is 5.82 Å². The number of amides is 1. The summed E-state index contributed by atoms with van der Waals surface area (Å²) < 4.78 is 24.5. The number of ether oxygens (including phenoxy) is 2. The number of rotatable bonds is 3. The highest BCUT2D eigenvalue weighted by Crippen LogP contribution is 2.38. The average molecular weight is 405 g/mol. The van der Waals surface area contributed by atoms with Gasteiger partial charge in [-0.05, 0) is 42.0 Å². The molecule has 2 aromatic carbocycles. The highest BCUT2D eigenvalue weighted by Gasteiger charge is 2.23. The van der Waals surface area contributed by atoms with Crippen molar-refractivity contribution in [1.82, 2.24) is 9.80 Å². The fourth-order valence-electron chi connectivity index (χ4n) is 3.52. The van der Waals surface area contributed by atoms with Gasteiger partial charge in [0.15, 0.2) is 11.5 Å². The molecule has 2 heterocycles. The van der Waals surface area contributed by atoms with Gasteiger partial charge >= 0.3 is 0 Å². The lowest BCUT2D eigenvalue weighted by Crippen LogP contribution is -2.48. The number of hydrogen-bond donors (Lipinski definition) is 0. The molecule has 1 amide bonds. The molecule has 1 saturated heterocycles. The maximum absolute atomic E-state index is 13.0. The first kappa shape index (κ1) is 19.0. The Bertz CT molecular complexity index is 851. The molecule has 2 aliphatic rings. The fourth-order valence-corrected chi connectivity index (χ4v) is 3.81. The van der Waals surface area contributed by atoms with E-state index in [-0.39, 0.29) is 11.7 Å². The Morgan fingerprint density at radius 1 is 1.04 bits per heavy atom. The van der Waals surface area contributed by atoms with Gasteiger partial charge in [-0.25, -0.2) is 4.39 Å². The van der Waals surface area contributed by atoms with Crippen molar-refractivity contribution in [2.45, 2.75) is 13.0 Å². The van der Waals surface area contributed by atoms with Gasteiger partial charge in [-0.2, -0.15) is 0 Å². The normalized spacial score (nSPS) is 17.3. The van der Waals surface area contributed by atoms with Crippen LogP contribution in [0.15, 0.2) is 36.4 Å². The SMILES string of the molecule is O=C(c1ccc(F)cc1)N1CCN(Cc2cc(Cl)c3c(c2)OCCCO3)CC1. The predicted octanol–water partition coefficient (Wildman–Crippen LogP) is 3.60. The Morgan fingerprint density at radius 2 is 1.75 bits per heavy atom. The van der Waals surface area contributed by atoms with Gasteiger partial charge in [-0.3, -0.25) is 9.69 Å². The fraction of sp³-hybridized carbons (Fsp3) is 0.381. The summed E-state index contributed by atoms with van der Waals surface area (Å²) in [5.74, 6) is 0.927.